The Balaban J connectivity index is 2.68. The van der Waals surface area contributed by atoms with Crippen molar-refractivity contribution in [1.29, 1.82) is 0 Å². The van der Waals surface area contributed by atoms with Crippen LogP contribution >= 0.6 is 0 Å². The predicted octanol–water partition coefficient (Wildman–Crippen LogP) is 2.85. The topological polar surface area (TPSA) is 57.2 Å². The van der Waals surface area contributed by atoms with Gasteiger partial charge in [-0.1, -0.05) is 13.8 Å². The standard InChI is InChI=1S/C13H22N2O2/c1-9(2)5-6-17-13(16)12-7-11(14)8-15(12)10(3)4/h7-10H,5-6,14H2,1-4H3. The van der Waals surface area contributed by atoms with Crippen LogP contribution in [-0.4, -0.2) is 17.1 Å². The second-order valence-electron chi connectivity index (χ2n) is 4.98. The maximum absolute atomic E-state index is 11.9. The van der Waals surface area contributed by atoms with Crippen LogP contribution in [0.1, 0.15) is 50.6 Å². The Labute approximate surface area is 103 Å². The minimum absolute atomic E-state index is 0.194. The Morgan fingerprint density at radius 2 is 2.06 bits per heavy atom. The zero-order valence-corrected chi connectivity index (χ0v) is 11.1. The zero-order chi connectivity index (χ0) is 13.0. The van der Waals surface area contributed by atoms with E-state index in [2.05, 4.69) is 13.8 Å². The van der Waals surface area contributed by atoms with E-state index in [9.17, 15) is 4.79 Å². The molecular weight excluding hydrogens is 216 g/mol. The number of nitrogens with zero attached hydrogens (tertiary/aromatic N) is 1. The molecule has 1 heterocycles. The highest BCUT2D eigenvalue weighted by Crippen LogP contribution is 2.17. The summed E-state index contributed by atoms with van der Waals surface area (Å²) in [6, 6.07) is 1.86. The van der Waals surface area contributed by atoms with Gasteiger partial charge >= 0.3 is 5.97 Å². The van der Waals surface area contributed by atoms with E-state index in [1.165, 1.54) is 0 Å². The van der Waals surface area contributed by atoms with Crippen LogP contribution in [0.25, 0.3) is 0 Å². The maximum atomic E-state index is 11.9. The van der Waals surface area contributed by atoms with Crippen LogP contribution < -0.4 is 5.73 Å². The monoisotopic (exact) mass is 238 g/mol. The van der Waals surface area contributed by atoms with Gasteiger partial charge in [-0.15, -0.1) is 0 Å². The molecule has 0 aliphatic carbocycles. The highest BCUT2D eigenvalue weighted by molar-refractivity contribution is 5.89. The molecule has 0 fully saturated rings. The summed E-state index contributed by atoms with van der Waals surface area (Å²) in [5.41, 5.74) is 6.82. The summed E-state index contributed by atoms with van der Waals surface area (Å²) in [5.74, 6) is 0.237. The molecule has 0 aliphatic heterocycles. The Morgan fingerprint density at radius 3 is 2.59 bits per heavy atom. The van der Waals surface area contributed by atoms with Gasteiger partial charge < -0.3 is 15.0 Å². The first-order chi connectivity index (χ1) is 7.91. The molecular formula is C13H22N2O2. The molecule has 2 N–H and O–H groups in total. The summed E-state index contributed by atoms with van der Waals surface area (Å²) < 4.78 is 7.07. The fraction of sp³-hybridized carbons (Fsp3) is 0.615. The zero-order valence-electron chi connectivity index (χ0n) is 11.1. The summed E-state index contributed by atoms with van der Waals surface area (Å²) in [5, 5.41) is 0. The Bertz CT molecular complexity index is 381. The molecule has 1 aromatic heterocycles. The number of nitrogen functional groups attached to an aromatic ring is 1. The van der Waals surface area contributed by atoms with Crippen LogP contribution in [0.3, 0.4) is 0 Å². The van der Waals surface area contributed by atoms with Crippen molar-refractivity contribution < 1.29 is 9.53 Å². The van der Waals surface area contributed by atoms with Gasteiger partial charge in [-0.05, 0) is 32.3 Å². The van der Waals surface area contributed by atoms with E-state index in [1.54, 1.807) is 12.3 Å². The van der Waals surface area contributed by atoms with E-state index in [0.717, 1.165) is 6.42 Å². The van der Waals surface area contributed by atoms with E-state index in [-0.39, 0.29) is 12.0 Å². The van der Waals surface area contributed by atoms with Crippen molar-refractivity contribution in [2.45, 2.75) is 40.2 Å². The van der Waals surface area contributed by atoms with Crippen LogP contribution in [0, 0.1) is 5.92 Å². The van der Waals surface area contributed by atoms with Crippen LogP contribution in [0.5, 0.6) is 0 Å². The van der Waals surface area contributed by atoms with E-state index in [0.29, 0.717) is 23.9 Å². The van der Waals surface area contributed by atoms with Gasteiger partial charge in [0.1, 0.15) is 5.69 Å². The minimum Gasteiger partial charge on any atom is -0.461 e. The average molecular weight is 238 g/mol. The maximum Gasteiger partial charge on any atom is 0.355 e. The molecule has 0 bridgehead atoms. The lowest BCUT2D eigenvalue weighted by Gasteiger charge is -2.12. The fourth-order valence-corrected chi connectivity index (χ4v) is 1.55. The Kier molecular flexibility index (Phi) is 4.61. The van der Waals surface area contributed by atoms with Crippen LogP contribution in [0.15, 0.2) is 12.3 Å². The molecule has 1 rings (SSSR count). The molecule has 0 aromatic carbocycles. The van der Waals surface area contributed by atoms with Crippen LogP contribution in [0.4, 0.5) is 5.69 Å². The molecule has 0 saturated carbocycles. The number of carbonyl (C=O) groups is 1. The van der Waals surface area contributed by atoms with E-state index >= 15 is 0 Å². The number of rotatable bonds is 5. The molecule has 96 valence electrons. The Hall–Kier alpha value is -1.45. The van der Waals surface area contributed by atoms with Crippen molar-refractivity contribution in [3.8, 4) is 0 Å². The van der Waals surface area contributed by atoms with E-state index < -0.39 is 0 Å². The number of nitrogens with two attached hydrogens (primary N) is 1. The molecule has 17 heavy (non-hydrogen) atoms. The van der Waals surface area contributed by atoms with Crippen molar-refractivity contribution in [3.63, 3.8) is 0 Å². The second-order valence-corrected chi connectivity index (χ2v) is 4.98. The normalized spacial score (nSPS) is 11.2. The first-order valence-electron chi connectivity index (χ1n) is 6.06. The highest BCUT2D eigenvalue weighted by atomic mass is 16.5. The van der Waals surface area contributed by atoms with Crippen molar-refractivity contribution in [2.24, 2.45) is 5.92 Å². The van der Waals surface area contributed by atoms with Gasteiger partial charge in [0.2, 0.25) is 0 Å². The summed E-state index contributed by atoms with van der Waals surface area (Å²) >= 11 is 0. The van der Waals surface area contributed by atoms with E-state index in [4.69, 9.17) is 10.5 Å². The lowest BCUT2D eigenvalue weighted by Crippen LogP contribution is -2.14. The molecule has 4 heteroatoms. The second kappa shape index (κ2) is 5.75. The van der Waals surface area contributed by atoms with Crippen molar-refractivity contribution in [1.82, 2.24) is 4.57 Å². The molecule has 0 radical (unpaired) electrons. The predicted molar refractivity (Wildman–Crippen MR) is 69.0 cm³/mol. The van der Waals surface area contributed by atoms with Gasteiger partial charge in [-0.2, -0.15) is 0 Å². The van der Waals surface area contributed by atoms with Crippen molar-refractivity contribution >= 4 is 11.7 Å². The quantitative estimate of drug-likeness (QED) is 0.802. The van der Waals surface area contributed by atoms with Gasteiger partial charge in [0, 0.05) is 12.2 Å². The first-order valence-corrected chi connectivity index (χ1v) is 6.06. The van der Waals surface area contributed by atoms with Gasteiger partial charge in [0.05, 0.1) is 12.3 Å². The molecule has 0 spiro atoms. The molecule has 0 unspecified atom stereocenters. The number of carbonyl (C=O) groups excluding carboxylic acids is 1. The SMILES string of the molecule is CC(C)CCOC(=O)c1cc(N)cn1C(C)C. The summed E-state index contributed by atoms with van der Waals surface area (Å²) in [6.07, 6.45) is 2.65. The van der Waals surface area contributed by atoms with Crippen molar-refractivity contribution in [2.75, 3.05) is 12.3 Å². The summed E-state index contributed by atoms with van der Waals surface area (Å²) in [6.45, 7) is 8.67. The highest BCUT2D eigenvalue weighted by Gasteiger charge is 2.16. The van der Waals surface area contributed by atoms with E-state index in [1.807, 2.05) is 18.4 Å². The molecule has 1 aromatic rings. The number of esters is 1. The van der Waals surface area contributed by atoms with Gasteiger partial charge in [-0.3, -0.25) is 0 Å². The molecule has 4 nitrogen and oxygen atoms in total. The third kappa shape index (κ3) is 3.80. The van der Waals surface area contributed by atoms with Crippen LogP contribution in [0.2, 0.25) is 0 Å². The summed E-state index contributed by atoms with van der Waals surface area (Å²) in [4.78, 5) is 11.9. The smallest absolute Gasteiger partial charge is 0.355 e. The lowest BCUT2D eigenvalue weighted by atomic mass is 10.1. The molecule has 0 amide bonds. The average Bonchev–Trinajstić information content (AvgIpc) is 2.59. The number of aromatic nitrogens is 1. The fourth-order valence-electron chi connectivity index (χ4n) is 1.55. The van der Waals surface area contributed by atoms with Gasteiger partial charge in [0.15, 0.2) is 0 Å². The van der Waals surface area contributed by atoms with Gasteiger partial charge in [-0.25, -0.2) is 4.79 Å². The first kappa shape index (κ1) is 13.6. The minimum atomic E-state index is -0.295. The number of anilines is 1. The Morgan fingerprint density at radius 1 is 1.41 bits per heavy atom. The molecule has 0 saturated heterocycles. The number of hydrogen-bond donors (Lipinski definition) is 1. The van der Waals surface area contributed by atoms with Crippen molar-refractivity contribution in [3.05, 3.63) is 18.0 Å². The molecule has 0 aliphatic rings. The molecule has 0 atom stereocenters. The summed E-state index contributed by atoms with van der Waals surface area (Å²) in [7, 11) is 0. The van der Waals surface area contributed by atoms with Gasteiger partial charge in [0.25, 0.3) is 0 Å². The third-order valence-corrected chi connectivity index (χ3v) is 2.56. The lowest BCUT2D eigenvalue weighted by molar-refractivity contribution is 0.0474. The third-order valence-electron chi connectivity index (χ3n) is 2.56. The number of ether oxygens (including phenoxy) is 1. The largest absolute Gasteiger partial charge is 0.461 e. The number of hydrogen-bond acceptors (Lipinski definition) is 3. The van der Waals surface area contributed by atoms with Crippen LogP contribution in [-0.2, 0) is 4.74 Å².